The molecule has 1 heterocycles. The molecule has 0 fully saturated rings. The van der Waals surface area contributed by atoms with Gasteiger partial charge in [0.2, 0.25) is 5.91 Å². The second kappa shape index (κ2) is 5.99. The summed E-state index contributed by atoms with van der Waals surface area (Å²) in [5.74, 6) is 0.739. The number of anilines is 1. The van der Waals surface area contributed by atoms with E-state index < -0.39 is 0 Å². The number of ether oxygens (including phenoxy) is 1. The van der Waals surface area contributed by atoms with Gasteiger partial charge in [0.15, 0.2) is 0 Å². The highest BCUT2D eigenvalue weighted by Gasteiger charge is 2.16. The van der Waals surface area contributed by atoms with E-state index in [0.717, 1.165) is 30.0 Å². The zero-order chi connectivity index (χ0) is 14.7. The maximum Gasteiger partial charge on any atom is 0.244 e. The van der Waals surface area contributed by atoms with Crippen LogP contribution in [0.3, 0.4) is 0 Å². The van der Waals surface area contributed by atoms with Gasteiger partial charge in [-0.25, -0.2) is 4.98 Å². The average Bonchev–Trinajstić information content (AvgIpc) is 2.91. The van der Waals surface area contributed by atoms with Gasteiger partial charge in [-0.2, -0.15) is 0 Å². The minimum Gasteiger partial charge on any atom is -0.497 e. The van der Waals surface area contributed by atoms with E-state index in [-0.39, 0.29) is 5.91 Å². The third kappa shape index (κ3) is 3.07. The first-order valence-corrected chi connectivity index (χ1v) is 7.23. The Balaban J connectivity index is 1.64. The van der Waals surface area contributed by atoms with E-state index in [1.54, 1.807) is 13.4 Å². The lowest BCUT2D eigenvalue weighted by atomic mass is 10.0. The van der Waals surface area contributed by atoms with Crippen molar-refractivity contribution >= 4 is 11.6 Å². The van der Waals surface area contributed by atoms with Gasteiger partial charge in [0.25, 0.3) is 0 Å². The van der Waals surface area contributed by atoms with Crippen LogP contribution in [0.25, 0.3) is 0 Å². The Morgan fingerprint density at radius 2 is 2.05 bits per heavy atom. The van der Waals surface area contributed by atoms with Gasteiger partial charge in [-0.3, -0.25) is 4.79 Å². The highest BCUT2D eigenvalue weighted by atomic mass is 16.5. The van der Waals surface area contributed by atoms with Crippen molar-refractivity contribution in [2.75, 3.05) is 12.4 Å². The molecule has 0 bridgehead atoms. The summed E-state index contributed by atoms with van der Waals surface area (Å²) < 4.78 is 7.06. The van der Waals surface area contributed by atoms with Crippen molar-refractivity contribution in [2.45, 2.75) is 32.2 Å². The van der Waals surface area contributed by atoms with Gasteiger partial charge >= 0.3 is 0 Å². The average molecular weight is 285 g/mol. The zero-order valence-corrected chi connectivity index (χ0v) is 12.1. The van der Waals surface area contributed by atoms with Crippen molar-refractivity contribution < 1.29 is 9.53 Å². The Kier molecular flexibility index (Phi) is 3.90. The molecule has 0 radical (unpaired) electrons. The molecule has 21 heavy (non-hydrogen) atoms. The molecule has 5 heteroatoms. The number of amides is 1. The summed E-state index contributed by atoms with van der Waals surface area (Å²) in [5, 5.41) is 2.90. The lowest BCUT2D eigenvalue weighted by Crippen LogP contribution is -2.20. The fourth-order valence-electron chi connectivity index (χ4n) is 2.70. The van der Waals surface area contributed by atoms with Gasteiger partial charge in [0.1, 0.15) is 12.3 Å². The minimum absolute atomic E-state index is 0.0362. The van der Waals surface area contributed by atoms with Crippen LogP contribution in [0.2, 0.25) is 0 Å². The van der Waals surface area contributed by atoms with E-state index in [1.807, 2.05) is 28.8 Å². The summed E-state index contributed by atoms with van der Waals surface area (Å²) in [4.78, 5) is 16.5. The molecular weight excluding hydrogens is 266 g/mol. The van der Waals surface area contributed by atoms with E-state index >= 15 is 0 Å². The Bertz CT molecular complexity index is 631. The normalized spacial score (nSPS) is 13.6. The molecule has 0 saturated heterocycles. The van der Waals surface area contributed by atoms with Gasteiger partial charge in [0, 0.05) is 11.4 Å². The van der Waals surface area contributed by atoms with Crippen LogP contribution in [0, 0.1) is 0 Å². The van der Waals surface area contributed by atoms with E-state index in [9.17, 15) is 4.79 Å². The molecule has 5 nitrogen and oxygen atoms in total. The maximum absolute atomic E-state index is 12.1. The van der Waals surface area contributed by atoms with Crippen LogP contribution in [-0.2, 0) is 24.2 Å². The number of fused-ring (bicyclic) bond motifs is 1. The van der Waals surface area contributed by atoms with Crippen molar-refractivity contribution in [3.63, 3.8) is 0 Å². The lowest BCUT2D eigenvalue weighted by molar-refractivity contribution is -0.116. The molecule has 1 N–H and O–H groups in total. The first-order chi connectivity index (χ1) is 10.3. The molecule has 3 rings (SSSR count). The predicted molar refractivity (Wildman–Crippen MR) is 80.5 cm³/mol. The Morgan fingerprint density at radius 1 is 1.29 bits per heavy atom. The zero-order valence-electron chi connectivity index (χ0n) is 12.1. The fourth-order valence-corrected chi connectivity index (χ4v) is 2.70. The fraction of sp³-hybridized carbons (Fsp3) is 0.375. The molecule has 1 amide bonds. The highest BCUT2D eigenvalue weighted by Crippen LogP contribution is 2.20. The molecule has 0 atom stereocenters. The van der Waals surface area contributed by atoms with Crippen LogP contribution in [-0.4, -0.2) is 22.6 Å². The Hall–Kier alpha value is -2.30. The largest absolute Gasteiger partial charge is 0.497 e. The number of aromatic nitrogens is 2. The third-order valence-corrected chi connectivity index (χ3v) is 3.80. The van der Waals surface area contributed by atoms with Gasteiger partial charge in [-0.15, -0.1) is 0 Å². The summed E-state index contributed by atoms with van der Waals surface area (Å²) >= 11 is 0. The van der Waals surface area contributed by atoms with E-state index in [0.29, 0.717) is 6.54 Å². The quantitative estimate of drug-likeness (QED) is 0.938. The summed E-state index contributed by atoms with van der Waals surface area (Å²) in [6.07, 6.45) is 6.21. The predicted octanol–water partition coefficient (Wildman–Crippen LogP) is 2.41. The summed E-state index contributed by atoms with van der Waals surface area (Å²) in [6, 6.07) is 7.32. The smallest absolute Gasteiger partial charge is 0.244 e. The van der Waals surface area contributed by atoms with Crippen LogP contribution in [0.15, 0.2) is 30.6 Å². The minimum atomic E-state index is -0.0362. The number of carbonyl (C=O) groups excluding carboxylic acids is 1. The van der Waals surface area contributed by atoms with Crippen molar-refractivity contribution in [3.05, 3.63) is 42.0 Å². The molecule has 1 aromatic heterocycles. The van der Waals surface area contributed by atoms with Crippen LogP contribution in [0.1, 0.15) is 24.2 Å². The number of hydrogen-bond acceptors (Lipinski definition) is 3. The Labute approximate surface area is 124 Å². The molecule has 0 saturated carbocycles. The van der Waals surface area contributed by atoms with Crippen LogP contribution in [0.4, 0.5) is 5.69 Å². The number of nitrogens with one attached hydrogen (secondary N) is 1. The molecule has 1 aliphatic carbocycles. The van der Waals surface area contributed by atoms with Crippen molar-refractivity contribution in [2.24, 2.45) is 0 Å². The molecule has 0 spiro atoms. The van der Waals surface area contributed by atoms with Crippen LogP contribution < -0.4 is 10.1 Å². The third-order valence-electron chi connectivity index (χ3n) is 3.80. The number of hydrogen-bond donors (Lipinski definition) is 1. The second-order valence-corrected chi connectivity index (χ2v) is 5.25. The van der Waals surface area contributed by atoms with Crippen molar-refractivity contribution in [3.8, 4) is 5.75 Å². The number of benzene rings is 1. The first-order valence-electron chi connectivity index (χ1n) is 7.23. The number of rotatable bonds is 4. The second-order valence-electron chi connectivity index (χ2n) is 5.25. The first kappa shape index (κ1) is 13.7. The molecule has 0 aliphatic heterocycles. The standard InChI is InChI=1S/C16H19N3O2/c1-21-13-8-6-12(7-9-13)18-16(20)10-19-11-17-14-4-2-3-5-15(14)19/h6-9,11H,2-5,10H2,1H3,(H,18,20). The van der Waals surface area contributed by atoms with Gasteiger partial charge in [-0.05, 0) is 49.9 Å². The number of methoxy groups -OCH3 is 1. The molecule has 1 aromatic carbocycles. The van der Waals surface area contributed by atoms with Crippen LogP contribution >= 0.6 is 0 Å². The Morgan fingerprint density at radius 3 is 2.81 bits per heavy atom. The summed E-state index contributed by atoms with van der Waals surface area (Å²) in [5.41, 5.74) is 3.14. The monoisotopic (exact) mass is 285 g/mol. The lowest BCUT2D eigenvalue weighted by Gasteiger charge is -2.14. The van der Waals surface area contributed by atoms with E-state index in [2.05, 4.69) is 10.3 Å². The molecule has 1 aliphatic rings. The topological polar surface area (TPSA) is 56.1 Å². The summed E-state index contributed by atoms with van der Waals surface area (Å²) in [7, 11) is 1.62. The number of nitrogens with zero attached hydrogens (tertiary/aromatic N) is 2. The van der Waals surface area contributed by atoms with Crippen molar-refractivity contribution in [1.29, 1.82) is 0 Å². The SMILES string of the molecule is COc1ccc(NC(=O)Cn2cnc3c2CCCC3)cc1. The number of aryl methyl sites for hydroxylation is 1. The van der Waals surface area contributed by atoms with E-state index in [1.165, 1.54) is 18.5 Å². The molecular formula is C16H19N3O2. The van der Waals surface area contributed by atoms with Gasteiger partial charge < -0.3 is 14.6 Å². The maximum atomic E-state index is 12.1. The summed E-state index contributed by atoms with van der Waals surface area (Å²) in [6.45, 7) is 0.314. The highest BCUT2D eigenvalue weighted by molar-refractivity contribution is 5.90. The number of imidazole rings is 1. The van der Waals surface area contributed by atoms with Crippen LogP contribution in [0.5, 0.6) is 5.75 Å². The number of carbonyl (C=O) groups is 1. The van der Waals surface area contributed by atoms with Crippen molar-refractivity contribution in [1.82, 2.24) is 9.55 Å². The van der Waals surface area contributed by atoms with Gasteiger partial charge in [-0.1, -0.05) is 0 Å². The molecule has 2 aromatic rings. The van der Waals surface area contributed by atoms with Gasteiger partial charge in [0.05, 0.1) is 19.1 Å². The van der Waals surface area contributed by atoms with E-state index in [4.69, 9.17) is 4.74 Å². The molecule has 0 unspecified atom stereocenters. The molecule has 110 valence electrons.